The van der Waals surface area contributed by atoms with E-state index in [0.717, 1.165) is 0 Å². The van der Waals surface area contributed by atoms with Crippen molar-refractivity contribution in [3.8, 4) is 0 Å². The van der Waals surface area contributed by atoms with Crippen LogP contribution in [-0.2, 0) is 4.79 Å². The zero-order valence-corrected chi connectivity index (χ0v) is 9.28. The largest absolute Gasteiger partial charge is 0.344 e. The highest BCUT2D eigenvalue weighted by molar-refractivity contribution is 5.78. The fourth-order valence-electron chi connectivity index (χ4n) is 1.99. The Morgan fingerprint density at radius 3 is 2.69 bits per heavy atom. The van der Waals surface area contributed by atoms with Gasteiger partial charge in [-0.2, -0.15) is 0 Å². The van der Waals surface area contributed by atoms with Crippen molar-refractivity contribution in [1.29, 1.82) is 0 Å². The van der Waals surface area contributed by atoms with E-state index in [0.29, 0.717) is 19.4 Å². The lowest BCUT2D eigenvalue weighted by Crippen LogP contribution is -2.58. The Kier molecular flexibility index (Phi) is 2.98. The molecule has 2 fully saturated rings. The lowest BCUT2D eigenvalue weighted by molar-refractivity contribution is -0.132. The Labute approximate surface area is 93.6 Å². The third kappa shape index (κ3) is 2.25. The lowest BCUT2D eigenvalue weighted by Gasteiger charge is -2.37. The maximum Gasteiger partial charge on any atom is 0.317 e. The Hall–Kier alpha value is -1.33. The van der Waals surface area contributed by atoms with Crippen LogP contribution in [0.1, 0.15) is 12.8 Å². The predicted octanol–water partition coefficient (Wildman–Crippen LogP) is -0.0295. The van der Waals surface area contributed by atoms with Crippen molar-refractivity contribution in [2.45, 2.75) is 25.1 Å². The smallest absolute Gasteiger partial charge is 0.317 e. The number of halogens is 1. The van der Waals surface area contributed by atoms with Crippen LogP contribution in [-0.4, -0.2) is 60.6 Å². The van der Waals surface area contributed by atoms with Gasteiger partial charge in [0.1, 0.15) is 6.17 Å². The van der Waals surface area contributed by atoms with Gasteiger partial charge in [0.05, 0.1) is 13.1 Å². The van der Waals surface area contributed by atoms with E-state index < -0.39 is 6.17 Å². The summed E-state index contributed by atoms with van der Waals surface area (Å²) in [5, 5.41) is 2.82. The van der Waals surface area contributed by atoms with Crippen LogP contribution in [0.5, 0.6) is 0 Å². The monoisotopic (exact) mass is 229 g/mol. The van der Waals surface area contributed by atoms with Crippen molar-refractivity contribution >= 4 is 11.9 Å². The molecule has 0 aromatic carbocycles. The normalized spacial score (nSPS) is 26.6. The fourth-order valence-corrected chi connectivity index (χ4v) is 1.99. The van der Waals surface area contributed by atoms with Gasteiger partial charge >= 0.3 is 6.03 Å². The molecule has 0 saturated carbocycles. The topological polar surface area (TPSA) is 52.7 Å². The molecule has 90 valence electrons. The third-order valence-electron chi connectivity index (χ3n) is 3.08. The van der Waals surface area contributed by atoms with E-state index in [-0.39, 0.29) is 31.1 Å². The minimum absolute atomic E-state index is 0.00568. The van der Waals surface area contributed by atoms with E-state index >= 15 is 0 Å². The molecule has 0 aromatic rings. The van der Waals surface area contributed by atoms with Gasteiger partial charge in [0.2, 0.25) is 5.91 Å². The van der Waals surface area contributed by atoms with Gasteiger partial charge in [-0.15, -0.1) is 0 Å². The maximum absolute atomic E-state index is 12.5. The van der Waals surface area contributed by atoms with Gasteiger partial charge in [0, 0.05) is 26.1 Å². The van der Waals surface area contributed by atoms with Crippen molar-refractivity contribution in [2.75, 3.05) is 26.7 Å². The Balaban J connectivity index is 1.77. The van der Waals surface area contributed by atoms with Crippen LogP contribution in [0.2, 0.25) is 0 Å². The molecule has 2 aliphatic heterocycles. The van der Waals surface area contributed by atoms with Crippen LogP contribution in [0.3, 0.4) is 0 Å². The Bertz CT molecular complexity index is 304. The van der Waals surface area contributed by atoms with Crippen molar-refractivity contribution in [3.05, 3.63) is 0 Å². The van der Waals surface area contributed by atoms with Crippen LogP contribution >= 0.6 is 0 Å². The summed E-state index contributed by atoms with van der Waals surface area (Å²) in [4.78, 5) is 25.9. The number of urea groups is 1. The molecule has 2 rings (SSSR count). The minimum atomic E-state index is -0.874. The van der Waals surface area contributed by atoms with Crippen LogP contribution in [0, 0.1) is 0 Å². The third-order valence-corrected chi connectivity index (χ3v) is 3.08. The molecule has 0 radical (unpaired) electrons. The second kappa shape index (κ2) is 4.27. The van der Waals surface area contributed by atoms with Crippen LogP contribution in [0.15, 0.2) is 0 Å². The number of amides is 3. The number of nitrogens with zero attached hydrogens (tertiary/aromatic N) is 2. The van der Waals surface area contributed by atoms with E-state index in [1.54, 1.807) is 11.9 Å². The summed E-state index contributed by atoms with van der Waals surface area (Å²) in [5.74, 6) is 0.110. The number of piperidine rings is 1. The molecule has 0 aliphatic carbocycles. The Morgan fingerprint density at radius 1 is 1.44 bits per heavy atom. The van der Waals surface area contributed by atoms with Crippen molar-refractivity contribution in [3.63, 3.8) is 0 Å². The molecule has 16 heavy (non-hydrogen) atoms. The molecule has 1 atom stereocenters. The summed E-state index contributed by atoms with van der Waals surface area (Å²) in [7, 11) is 1.72. The summed E-state index contributed by atoms with van der Waals surface area (Å²) in [6, 6.07) is -0.226. The van der Waals surface area contributed by atoms with Crippen molar-refractivity contribution in [1.82, 2.24) is 15.1 Å². The average Bonchev–Trinajstić information content (AvgIpc) is 2.19. The van der Waals surface area contributed by atoms with Gasteiger partial charge in [0.25, 0.3) is 0 Å². The maximum atomic E-state index is 12.5. The molecule has 2 heterocycles. The van der Waals surface area contributed by atoms with E-state index in [9.17, 15) is 14.0 Å². The minimum Gasteiger partial charge on any atom is -0.344 e. The molecule has 1 unspecified atom stereocenters. The molecular formula is C10H16FN3O2. The summed E-state index contributed by atoms with van der Waals surface area (Å²) >= 11 is 0. The zero-order chi connectivity index (χ0) is 11.7. The standard InChI is InChI=1S/C10H16FN3O2/c1-13-6-8(2-3-9(13)15)12-10(16)14-4-7(11)5-14/h7-8H,2-6H2,1H3,(H,12,16). The first-order valence-electron chi connectivity index (χ1n) is 5.49. The number of rotatable bonds is 1. The number of nitrogens with one attached hydrogen (secondary N) is 1. The van der Waals surface area contributed by atoms with Crippen molar-refractivity contribution < 1.29 is 14.0 Å². The molecule has 0 bridgehead atoms. The number of likely N-dealkylation sites (tertiary alicyclic amines) is 2. The highest BCUT2D eigenvalue weighted by Crippen LogP contribution is 2.13. The van der Waals surface area contributed by atoms with E-state index in [1.807, 2.05) is 0 Å². The summed E-state index contributed by atoms with van der Waals surface area (Å²) in [6.45, 7) is 0.915. The van der Waals surface area contributed by atoms with E-state index in [4.69, 9.17) is 0 Å². The molecular weight excluding hydrogens is 213 g/mol. The highest BCUT2D eigenvalue weighted by Gasteiger charge is 2.32. The lowest BCUT2D eigenvalue weighted by atomic mass is 10.1. The van der Waals surface area contributed by atoms with Gasteiger partial charge in [-0.05, 0) is 6.42 Å². The quantitative estimate of drug-likeness (QED) is 0.686. The van der Waals surface area contributed by atoms with Gasteiger partial charge in [-0.25, -0.2) is 9.18 Å². The SMILES string of the molecule is CN1CC(NC(=O)N2CC(F)C2)CCC1=O. The molecule has 5 nitrogen and oxygen atoms in total. The van der Waals surface area contributed by atoms with Crippen LogP contribution in [0.25, 0.3) is 0 Å². The zero-order valence-electron chi connectivity index (χ0n) is 9.28. The van der Waals surface area contributed by atoms with Crippen LogP contribution in [0.4, 0.5) is 9.18 Å². The summed E-state index contributed by atoms with van der Waals surface area (Å²) in [6.07, 6.45) is 0.260. The van der Waals surface area contributed by atoms with Gasteiger partial charge in [-0.1, -0.05) is 0 Å². The second-order valence-corrected chi connectivity index (χ2v) is 4.46. The Morgan fingerprint density at radius 2 is 2.12 bits per heavy atom. The summed E-state index contributed by atoms with van der Waals surface area (Å²) in [5.41, 5.74) is 0. The van der Waals surface area contributed by atoms with E-state index in [2.05, 4.69) is 5.32 Å². The average molecular weight is 229 g/mol. The number of likely N-dealkylation sites (N-methyl/N-ethyl adjacent to an activating group) is 1. The first kappa shape index (κ1) is 11.2. The summed E-state index contributed by atoms with van der Waals surface area (Å²) < 4.78 is 12.5. The van der Waals surface area contributed by atoms with Gasteiger partial charge in [0.15, 0.2) is 0 Å². The molecule has 0 aromatic heterocycles. The second-order valence-electron chi connectivity index (χ2n) is 4.46. The first-order chi connectivity index (χ1) is 7.56. The van der Waals surface area contributed by atoms with Crippen molar-refractivity contribution in [2.24, 2.45) is 0 Å². The van der Waals surface area contributed by atoms with Gasteiger partial charge < -0.3 is 15.1 Å². The van der Waals surface area contributed by atoms with Crippen LogP contribution < -0.4 is 5.32 Å². The number of carbonyl (C=O) groups is 2. The molecule has 3 amide bonds. The molecule has 2 aliphatic rings. The van der Waals surface area contributed by atoms with E-state index in [1.165, 1.54) is 4.90 Å². The highest BCUT2D eigenvalue weighted by atomic mass is 19.1. The van der Waals surface area contributed by atoms with Gasteiger partial charge in [-0.3, -0.25) is 4.79 Å². The number of alkyl halides is 1. The molecule has 6 heteroatoms. The molecule has 2 saturated heterocycles. The first-order valence-corrected chi connectivity index (χ1v) is 5.49. The number of hydrogen-bond acceptors (Lipinski definition) is 2. The predicted molar refractivity (Wildman–Crippen MR) is 55.7 cm³/mol. The molecule has 1 N–H and O–H groups in total. The molecule has 0 spiro atoms. The number of hydrogen-bond donors (Lipinski definition) is 1. The number of carbonyl (C=O) groups excluding carboxylic acids is 2. The fraction of sp³-hybridized carbons (Fsp3) is 0.800.